The van der Waals surface area contributed by atoms with Crippen molar-refractivity contribution in [3.63, 3.8) is 0 Å². The van der Waals surface area contributed by atoms with Gasteiger partial charge in [0.25, 0.3) is 5.91 Å². The maximum atomic E-state index is 12.6. The van der Waals surface area contributed by atoms with Crippen LogP contribution in [0, 0.1) is 11.3 Å². The number of benzene rings is 3. The van der Waals surface area contributed by atoms with Crippen LogP contribution in [-0.4, -0.2) is 13.0 Å². The van der Waals surface area contributed by atoms with Crippen molar-refractivity contribution < 1.29 is 9.53 Å². The SMILES string of the molecule is COc1ccc(/C=C(\C#N)C(=O)Nc2ccccc2)c(Cc2ccccc2Br)c1. The number of anilines is 1. The molecule has 3 rings (SSSR count). The Morgan fingerprint density at radius 2 is 1.79 bits per heavy atom. The number of halogens is 1. The summed E-state index contributed by atoms with van der Waals surface area (Å²) in [4.78, 5) is 12.6. The van der Waals surface area contributed by atoms with Gasteiger partial charge in [0, 0.05) is 10.2 Å². The van der Waals surface area contributed by atoms with E-state index in [9.17, 15) is 10.1 Å². The standard InChI is InChI=1S/C24H19BrN2O2/c1-29-22-12-11-17(19(15-22)14-18-7-5-6-10-23(18)25)13-20(16-26)24(28)27-21-8-3-2-4-9-21/h2-13,15H,14H2,1H3,(H,27,28)/b20-13+. The maximum absolute atomic E-state index is 12.6. The van der Waals surface area contributed by atoms with E-state index < -0.39 is 5.91 Å². The number of hydrogen-bond acceptors (Lipinski definition) is 3. The Morgan fingerprint density at radius 3 is 2.48 bits per heavy atom. The van der Waals surface area contributed by atoms with Gasteiger partial charge in [-0.2, -0.15) is 5.26 Å². The molecule has 0 atom stereocenters. The van der Waals surface area contributed by atoms with Crippen LogP contribution in [0.3, 0.4) is 0 Å². The fourth-order valence-corrected chi connectivity index (χ4v) is 3.30. The predicted octanol–water partition coefficient (Wildman–Crippen LogP) is 5.59. The normalized spacial score (nSPS) is 10.9. The zero-order valence-corrected chi connectivity index (χ0v) is 17.4. The lowest BCUT2D eigenvalue weighted by Crippen LogP contribution is -2.13. The molecule has 3 aromatic rings. The molecule has 1 amide bonds. The summed E-state index contributed by atoms with van der Waals surface area (Å²) in [6, 6.07) is 24.6. The first-order chi connectivity index (χ1) is 14.1. The molecule has 0 saturated heterocycles. The van der Waals surface area contributed by atoms with Gasteiger partial charge >= 0.3 is 0 Å². The monoisotopic (exact) mass is 446 g/mol. The number of para-hydroxylation sites is 1. The van der Waals surface area contributed by atoms with Gasteiger partial charge in [-0.05, 0) is 59.5 Å². The fourth-order valence-electron chi connectivity index (χ4n) is 2.87. The summed E-state index contributed by atoms with van der Waals surface area (Å²) in [6.45, 7) is 0. The van der Waals surface area contributed by atoms with Gasteiger partial charge in [-0.15, -0.1) is 0 Å². The van der Waals surface area contributed by atoms with Crippen molar-refractivity contribution in [2.45, 2.75) is 6.42 Å². The van der Waals surface area contributed by atoms with Gasteiger partial charge in [-0.3, -0.25) is 4.79 Å². The number of nitrogens with zero attached hydrogens (tertiary/aromatic N) is 1. The molecule has 1 N–H and O–H groups in total. The van der Waals surface area contributed by atoms with Crippen molar-refractivity contribution in [1.29, 1.82) is 5.26 Å². The molecular weight excluding hydrogens is 428 g/mol. The van der Waals surface area contributed by atoms with Crippen LogP contribution >= 0.6 is 15.9 Å². The summed E-state index contributed by atoms with van der Waals surface area (Å²) in [5.74, 6) is 0.276. The molecule has 0 bridgehead atoms. The molecule has 0 aliphatic rings. The molecule has 4 nitrogen and oxygen atoms in total. The van der Waals surface area contributed by atoms with Gasteiger partial charge in [-0.1, -0.05) is 58.4 Å². The van der Waals surface area contributed by atoms with Gasteiger partial charge in [-0.25, -0.2) is 0 Å². The molecule has 0 aliphatic heterocycles. The van der Waals surface area contributed by atoms with E-state index in [4.69, 9.17) is 4.74 Å². The van der Waals surface area contributed by atoms with E-state index >= 15 is 0 Å². The van der Waals surface area contributed by atoms with Crippen molar-refractivity contribution in [2.24, 2.45) is 0 Å². The first kappa shape index (κ1) is 20.4. The zero-order valence-electron chi connectivity index (χ0n) is 15.9. The highest BCUT2D eigenvalue weighted by atomic mass is 79.9. The number of ether oxygens (including phenoxy) is 1. The zero-order chi connectivity index (χ0) is 20.6. The van der Waals surface area contributed by atoms with Crippen LogP contribution in [0.1, 0.15) is 16.7 Å². The number of methoxy groups -OCH3 is 1. The summed E-state index contributed by atoms with van der Waals surface area (Å²) < 4.78 is 6.36. The van der Waals surface area contributed by atoms with Crippen LogP contribution in [0.15, 0.2) is 82.8 Å². The van der Waals surface area contributed by atoms with E-state index in [0.717, 1.165) is 26.9 Å². The summed E-state index contributed by atoms with van der Waals surface area (Å²) in [5, 5.41) is 12.3. The van der Waals surface area contributed by atoms with Gasteiger partial charge in [0.15, 0.2) is 0 Å². The highest BCUT2D eigenvalue weighted by Crippen LogP contribution is 2.26. The van der Waals surface area contributed by atoms with Crippen LogP contribution in [-0.2, 0) is 11.2 Å². The second-order valence-corrected chi connectivity index (χ2v) is 7.18. The Morgan fingerprint density at radius 1 is 1.07 bits per heavy atom. The molecule has 0 radical (unpaired) electrons. The minimum absolute atomic E-state index is 0.0346. The first-order valence-corrected chi connectivity index (χ1v) is 9.78. The van der Waals surface area contributed by atoms with E-state index in [2.05, 4.69) is 21.2 Å². The molecule has 0 saturated carbocycles. The topological polar surface area (TPSA) is 62.1 Å². The number of amides is 1. The lowest BCUT2D eigenvalue weighted by atomic mass is 9.97. The third kappa shape index (κ3) is 5.34. The lowest BCUT2D eigenvalue weighted by molar-refractivity contribution is -0.112. The van der Waals surface area contributed by atoms with Crippen molar-refractivity contribution in [3.8, 4) is 11.8 Å². The van der Waals surface area contributed by atoms with E-state index in [0.29, 0.717) is 12.1 Å². The summed E-state index contributed by atoms with van der Waals surface area (Å²) in [7, 11) is 1.61. The Balaban J connectivity index is 1.94. The molecule has 0 aromatic heterocycles. The number of nitriles is 1. The van der Waals surface area contributed by atoms with Gasteiger partial charge < -0.3 is 10.1 Å². The van der Waals surface area contributed by atoms with E-state index in [1.807, 2.05) is 66.7 Å². The molecular formula is C24H19BrN2O2. The molecule has 0 aliphatic carbocycles. The summed E-state index contributed by atoms with van der Waals surface area (Å²) in [6.07, 6.45) is 2.24. The van der Waals surface area contributed by atoms with Crippen LogP contribution in [0.4, 0.5) is 5.69 Å². The van der Waals surface area contributed by atoms with Crippen molar-refractivity contribution in [2.75, 3.05) is 12.4 Å². The summed E-state index contributed by atoms with van der Waals surface area (Å²) in [5.41, 5.74) is 3.52. The number of hydrogen-bond donors (Lipinski definition) is 1. The second kappa shape index (κ2) is 9.72. The molecule has 0 unspecified atom stereocenters. The largest absolute Gasteiger partial charge is 0.497 e. The van der Waals surface area contributed by atoms with E-state index in [-0.39, 0.29) is 5.57 Å². The maximum Gasteiger partial charge on any atom is 0.266 e. The Labute approximate surface area is 178 Å². The quantitative estimate of drug-likeness (QED) is 0.396. The minimum Gasteiger partial charge on any atom is -0.497 e. The van der Waals surface area contributed by atoms with Crippen LogP contribution in [0.5, 0.6) is 5.75 Å². The molecule has 144 valence electrons. The Bertz CT molecular complexity index is 1090. The molecule has 5 heteroatoms. The second-order valence-electron chi connectivity index (χ2n) is 6.32. The van der Waals surface area contributed by atoms with Crippen molar-refractivity contribution >= 4 is 33.6 Å². The lowest BCUT2D eigenvalue weighted by Gasteiger charge is -2.11. The van der Waals surface area contributed by atoms with Gasteiger partial charge in [0.05, 0.1) is 7.11 Å². The van der Waals surface area contributed by atoms with Crippen molar-refractivity contribution in [3.05, 3.63) is 99.5 Å². The fraction of sp³-hybridized carbons (Fsp3) is 0.0833. The number of nitrogens with one attached hydrogen (secondary N) is 1. The predicted molar refractivity (Wildman–Crippen MR) is 119 cm³/mol. The Kier molecular flexibility index (Phi) is 6.83. The molecule has 0 spiro atoms. The number of carbonyl (C=O) groups is 1. The minimum atomic E-state index is -0.443. The molecule has 0 heterocycles. The number of rotatable bonds is 6. The van der Waals surface area contributed by atoms with Crippen LogP contribution in [0.25, 0.3) is 6.08 Å². The van der Waals surface area contributed by atoms with E-state index in [1.54, 1.807) is 25.3 Å². The molecule has 3 aromatic carbocycles. The van der Waals surface area contributed by atoms with Gasteiger partial charge in [0.2, 0.25) is 0 Å². The third-order valence-corrected chi connectivity index (χ3v) is 5.16. The smallest absolute Gasteiger partial charge is 0.266 e. The van der Waals surface area contributed by atoms with E-state index in [1.165, 1.54) is 0 Å². The average Bonchev–Trinajstić information content (AvgIpc) is 2.75. The highest BCUT2D eigenvalue weighted by molar-refractivity contribution is 9.10. The Hall–Kier alpha value is -3.36. The van der Waals surface area contributed by atoms with Crippen LogP contribution in [0.2, 0.25) is 0 Å². The first-order valence-electron chi connectivity index (χ1n) is 8.99. The average molecular weight is 447 g/mol. The molecule has 0 fully saturated rings. The van der Waals surface area contributed by atoms with Crippen molar-refractivity contribution in [1.82, 2.24) is 0 Å². The summed E-state index contributed by atoms with van der Waals surface area (Å²) >= 11 is 3.58. The molecule has 29 heavy (non-hydrogen) atoms. The number of carbonyl (C=O) groups excluding carboxylic acids is 1. The highest BCUT2D eigenvalue weighted by Gasteiger charge is 2.12. The van der Waals surface area contributed by atoms with Crippen LogP contribution < -0.4 is 10.1 Å². The third-order valence-electron chi connectivity index (χ3n) is 4.39. The van der Waals surface area contributed by atoms with Gasteiger partial charge in [0.1, 0.15) is 17.4 Å².